The van der Waals surface area contributed by atoms with Gasteiger partial charge >= 0.3 is 5.97 Å². The summed E-state index contributed by atoms with van der Waals surface area (Å²) in [6.07, 6.45) is 7.17. The first-order valence-electron chi connectivity index (χ1n) is 5.07. The van der Waals surface area contributed by atoms with E-state index in [1.807, 2.05) is 0 Å². The van der Waals surface area contributed by atoms with E-state index in [-0.39, 0.29) is 18.4 Å². The first-order valence-corrected chi connectivity index (χ1v) is 5.07. The van der Waals surface area contributed by atoms with E-state index >= 15 is 0 Å². The molecule has 84 valence electrons. The molecule has 0 spiro atoms. The lowest BCUT2D eigenvalue weighted by Gasteiger charge is -2.23. The van der Waals surface area contributed by atoms with Crippen LogP contribution in [0.3, 0.4) is 0 Å². The molecule has 0 aromatic heterocycles. The summed E-state index contributed by atoms with van der Waals surface area (Å²) in [7, 11) is 1.39. The number of nitrogens with two attached hydrogens (primary N) is 1. The fourth-order valence-electron chi connectivity index (χ4n) is 2.03. The van der Waals surface area contributed by atoms with Gasteiger partial charge in [0.25, 0.3) is 0 Å². The molecular formula is C10H20ClNO2. The monoisotopic (exact) mass is 221 g/mol. The van der Waals surface area contributed by atoms with Gasteiger partial charge in [-0.1, -0.05) is 32.1 Å². The molecule has 0 amide bonds. The number of halogens is 1. The van der Waals surface area contributed by atoms with E-state index in [1.54, 1.807) is 0 Å². The van der Waals surface area contributed by atoms with Crippen molar-refractivity contribution in [2.24, 2.45) is 11.7 Å². The maximum Gasteiger partial charge on any atom is 0.322 e. The normalized spacial score (nSPS) is 19.6. The van der Waals surface area contributed by atoms with Gasteiger partial charge in [0, 0.05) is 0 Å². The molecule has 1 rings (SSSR count). The van der Waals surface area contributed by atoms with E-state index < -0.39 is 6.04 Å². The summed E-state index contributed by atoms with van der Waals surface area (Å²) in [6.45, 7) is 0. The third-order valence-electron chi connectivity index (χ3n) is 2.82. The lowest BCUT2D eigenvalue weighted by molar-refractivity contribution is -0.142. The molecule has 4 heteroatoms. The largest absolute Gasteiger partial charge is 0.468 e. The molecule has 0 aromatic rings. The minimum atomic E-state index is -0.409. The molecule has 1 atom stereocenters. The highest BCUT2D eigenvalue weighted by molar-refractivity contribution is 5.85. The molecule has 0 aliphatic heterocycles. The van der Waals surface area contributed by atoms with Crippen molar-refractivity contribution in [2.75, 3.05) is 7.11 Å². The Labute approximate surface area is 91.8 Å². The second-order valence-electron chi connectivity index (χ2n) is 3.87. The van der Waals surface area contributed by atoms with Crippen molar-refractivity contribution in [3.63, 3.8) is 0 Å². The van der Waals surface area contributed by atoms with Crippen molar-refractivity contribution < 1.29 is 9.53 Å². The molecule has 3 nitrogen and oxygen atoms in total. The van der Waals surface area contributed by atoms with Gasteiger partial charge in [-0.3, -0.25) is 4.79 Å². The molecule has 1 aliphatic carbocycles. The van der Waals surface area contributed by atoms with Crippen LogP contribution in [0.5, 0.6) is 0 Å². The van der Waals surface area contributed by atoms with Crippen LogP contribution in [0.2, 0.25) is 0 Å². The molecule has 2 N–H and O–H groups in total. The van der Waals surface area contributed by atoms with Gasteiger partial charge in [-0.2, -0.15) is 0 Å². The Morgan fingerprint density at radius 1 is 1.43 bits per heavy atom. The Bertz CT molecular complexity index is 170. The van der Waals surface area contributed by atoms with Gasteiger partial charge in [0.15, 0.2) is 0 Å². The highest BCUT2D eigenvalue weighted by Gasteiger charge is 2.21. The first kappa shape index (κ1) is 13.7. The van der Waals surface area contributed by atoms with Gasteiger partial charge in [-0.05, 0) is 12.3 Å². The Morgan fingerprint density at radius 2 is 2.00 bits per heavy atom. The molecule has 1 fully saturated rings. The number of methoxy groups -OCH3 is 1. The van der Waals surface area contributed by atoms with Gasteiger partial charge in [-0.15, -0.1) is 12.4 Å². The van der Waals surface area contributed by atoms with Crippen molar-refractivity contribution in [1.29, 1.82) is 0 Å². The highest BCUT2D eigenvalue weighted by atomic mass is 35.5. The summed E-state index contributed by atoms with van der Waals surface area (Å²) in [5.74, 6) is 0.369. The lowest BCUT2D eigenvalue weighted by Crippen LogP contribution is -2.34. The Hall–Kier alpha value is -0.280. The molecular weight excluding hydrogens is 202 g/mol. The first-order chi connectivity index (χ1) is 6.24. The summed E-state index contributed by atoms with van der Waals surface area (Å²) < 4.78 is 4.59. The van der Waals surface area contributed by atoms with Crippen molar-refractivity contribution in [3.8, 4) is 0 Å². The zero-order valence-electron chi connectivity index (χ0n) is 8.70. The van der Waals surface area contributed by atoms with Crippen LogP contribution < -0.4 is 5.73 Å². The van der Waals surface area contributed by atoms with E-state index in [1.165, 1.54) is 39.2 Å². The van der Waals surface area contributed by atoms with Crippen molar-refractivity contribution in [3.05, 3.63) is 0 Å². The van der Waals surface area contributed by atoms with Gasteiger partial charge in [0.2, 0.25) is 0 Å². The van der Waals surface area contributed by atoms with Crippen molar-refractivity contribution >= 4 is 18.4 Å². The standard InChI is InChI=1S/C10H19NO2.ClH/c1-13-10(12)9(11)7-8-5-3-2-4-6-8;/h8-9H,2-7,11H2,1H3;1H/t9-;/m1./s1. The molecule has 0 bridgehead atoms. The molecule has 0 unspecified atom stereocenters. The molecule has 1 saturated carbocycles. The minimum absolute atomic E-state index is 0. The SMILES string of the molecule is COC(=O)[C@H](N)CC1CCCCC1.Cl. The number of esters is 1. The van der Waals surface area contributed by atoms with Crippen molar-refractivity contribution in [1.82, 2.24) is 0 Å². The number of rotatable bonds is 3. The molecule has 1 aliphatic rings. The van der Waals surface area contributed by atoms with Gasteiger partial charge < -0.3 is 10.5 Å². The molecule has 0 saturated heterocycles. The van der Waals surface area contributed by atoms with Crippen LogP contribution in [0.1, 0.15) is 38.5 Å². The number of hydrogen-bond acceptors (Lipinski definition) is 3. The number of hydrogen-bond donors (Lipinski definition) is 1. The number of carbonyl (C=O) groups is 1. The average molecular weight is 222 g/mol. The fraction of sp³-hybridized carbons (Fsp3) is 0.900. The second-order valence-corrected chi connectivity index (χ2v) is 3.87. The van der Waals surface area contributed by atoms with E-state index in [4.69, 9.17) is 5.73 Å². The smallest absolute Gasteiger partial charge is 0.322 e. The second kappa shape index (κ2) is 7.07. The molecule has 0 heterocycles. The number of carbonyl (C=O) groups excluding carboxylic acids is 1. The van der Waals surface area contributed by atoms with Crippen LogP contribution in [0, 0.1) is 5.92 Å². The fourth-order valence-corrected chi connectivity index (χ4v) is 2.03. The summed E-state index contributed by atoms with van der Waals surface area (Å²) in [5, 5.41) is 0. The lowest BCUT2D eigenvalue weighted by atomic mass is 9.85. The van der Waals surface area contributed by atoms with Gasteiger partial charge in [0.05, 0.1) is 7.11 Å². The maximum atomic E-state index is 11.0. The minimum Gasteiger partial charge on any atom is -0.468 e. The third-order valence-corrected chi connectivity index (χ3v) is 2.82. The quantitative estimate of drug-likeness (QED) is 0.741. The zero-order valence-corrected chi connectivity index (χ0v) is 9.52. The number of ether oxygens (including phenoxy) is 1. The Kier molecular flexibility index (Phi) is 6.93. The maximum absolute atomic E-state index is 11.0. The average Bonchev–Trinajstić information content (AvgIpc) is 2.18. The summed E-state index contributed by atoms with van der Waals surface area (Å²) in [4.78, 5) is 11.0. The molecule has 0 aromatic carbocycles. The van der Waals surface area contributed by atoms with Crippen LogP contribution in [0.25, 0.3) is 0 Å². The Morgan fingerprint density at radius 3 is 2.50 bits per heavy atom. The Balaban J connectivity index is 0.00000169. The predicted molar refractivity (Wildman–Crippen MR) is 58.4 cm³/mol. The topological polar surface area (TPSA) is 52.3 Å². The molecule has 14 heavy (non-hydrogen) atoms. The van der Waals surface area contributed by atoms with E-state index in [0.717, 1.165) is 6.42 Å². The van der Waals surface area contributed by atoms with E-state index in [9.17, 15) is 4.79 Å². The van der Waals surface area contributed by atoms with Crippen LogP contribution >= 0.6 is 12.4 Å². The van der Waals surface area contributed by atoms with Crippen LogP contribution in [0.15, 0.2) is 0 Å². The predicted octanol–water partition coefficient (Wildman–Crippen LogP) is 1.88. The van der Waals surface area contributed by atoms with Gasteiger partial charge in [-0.25, -0.2) is 0 Å². The van der Waals surface area contributed by atoms with E-state index in [0.29, 0.717) is 5.92 Å². The summed E-state index contributed by atoms with van der Waals surface area (Å²) >= 11 is 0. The van der Waals surface area contributed by atoms with Crippen LogP contribution in [-0.4, -0.2) is 19.1 Å². The zero-order chi connectivity index (χ0) is 9.68. The molecule has 0 radical (unpaired) electrons. The van der Waals surface area contributed by atoms with Crippen LogP contribution in [-0.2, 0) is 9.53 Å². The van der Waals surface area contributed by atoms with E-state index in [2.05, 4.69) is 4.74 Å². The van der Waals surface area contributed by atoms with Gasteiger partial charge in [0.1, 0.15) is 6.04 Å². The van der Waals surface area contributed by atoms with Crippen LogP contribution in [0.4, 0.5) is 0 Å². The third kappa shape index (κ3) is 4.29. The van der Waals surface area contributed by atoms with Crippen molar-refractivity contribution in [2.45, 2.75) is 44.6 Å². The highest BCUT2D eigenvalue weighted by Crippen LogP contribution is 2.26. The summed E-state index contributed by atoms with van der Waals surface area (Å²) in [6, 6.07) is -0.409. The summed E-state index contributed by atoms with van der Waals surface area (Å²) in [5.41, 5.74) is 5.68.